The van der Waals surface area contributed by atoms with Gasteiger partial charge in [0.05, 0.1) is 10.7 Å². The minimum Gasteiger partial charge on any atom is -0.310 e. The standard InChI is InChI=1S/C16H26N2S/c1-11(2)12(9-17-13-6-7-13)8-14-10-19-15(18-14)16(3,4)5/h8,10-11,13,17H,6-7,9H2,1-5H3. The van der Waals surface area contributed by atoms with Crippen molar-refractivity contribution in [2.75, 3.05) is 6.54 Å². The number of thiazole rings is 1. The lowest BCUT2D eigenvalue weighted by atomic mass is 9.98. The van der Waals surface area contributed by atoms with Gasteiger partial charge in [-0.15, -0.1) is 11.3 Å². The summed E-state index contributed by atoms with van der Waals surface area (Å²) in [6.07, 6.45) is 4.96. The number of nitrogens with one attached hydrogen (secondary N) is 1. The Balaban J connectivity index is 2.08. The fraction of sp³-hybridized carbons (Fsp3) is 0.688. The van der Waals surface area contributed by atoms with Gasteiger partial charge in [-0.2, -0.15) is 0 Å². The molecule has 0 spiro atoms. The van der Waals surface area contributed by atoms with Gasteiger partial charge in [0.25, 0.3) is 0 Å². The van der Waals surface area contributed by atoms with E-state index < -0.39 is 0 Å². The first-order valence-corrected chi connectivity index (χ1v) is 8.14. The van der Waals surface area contributed by atoms with Crippen molar-refractivity contribution < 1.29 is 0 Å². The zero-order valence-electron chi connectivity index (χ0n) is 12.8. The van der Waals surface area contributed by atoms with Crippen LogP contribution in [0.4, 0.5) is 0 Å². The summed E-state index contributed by atoms with van der Waals surface area (Å²) < 4.78 is 0. The van der Waals surface area contributed by atoms with E-state index in [0.29, 0.717) is 5.92 Å². The molecule has 1 aromatic heterocycles. The minimum absolute atomic E-state index is 0.154. The molecule has 0 bridgehead atoms. The summed E-state index contributed by atoms with van der Waals surface area (Å²) in [7, 11) is 0. The van der Waals surface area contributed by atoms with Gasteiger partial charge < -0.3 is 5.32 Å². The molecule has 1 aromatic rings. The molecule has 1 heterocycles. The Morgan fingerprint density at radius 3 is 2.63 bits per heavy atom. The maximum atomic E-state index is 4.76. The minimum atomic E-state index is 0.154. The monoisotopic (exact) mass is 278 g/mol. The van der Waals surface area contributed by atoms with Crippen LogP contribution >= 0.6 is 11.3 Å². The maximum Gasteiger partial charge on any atom is 0.0985 e. The van der Waals surface area contributed by atoms with Gasteiger partial charge in [0.15, 0.2) is 0 Å². The number of rotatable bonds is 5. The van der Waals surface area contributed by atoms with Crippen molar-refractivity contribution in [3.63, 3.8) is 0 Å². The lowest BCUT2D eigenvalue weighted by Gasteiger charge is -2.14. The van der Waals surface area contributed by atoms with Gasteiger partial charge in [-0.3, -0.25) is 0 Å². The fourth-order valence-corrected chi connectivity index (χ4v) is 2.72. The average molecular weight is 278 g/mol. The third kappa shape index (κ3) is 4.43. The molecular weight excluding hydrogens is 252 g/mol. The Labute approximate surface area is 121 Å². The highest BCUT2D eigenvalue weighted by Gasteiger charge is 2.21. The number of nitrogens with zero attached hydrogens (tertiary/aromatic N) is 1. The SMILES string of the molecule is CC(C)C(=Cc1csc(C(C)(C)C)n1)CNC1CC1. The van der Waals surface area contributed by atoms with Crippen molar-refractivity contribution in [2.24, 2.45) is 5.92 Å². The summed E-state index contributed by atoms with van der Waals surface area (Å²) in [5, 5.41) is 7.00. The molecule has 106 valence electrons. The van der Waals surface area contributed by atoms with E-state index >= 15 is 0 Å². The van der Waals surface area contributed by atoms with E-state index in [1.54, 1.807) is 11.3 Å². The third-order valence-electron chi connectivity index (χ3n) is 3.41. The van der Waals surface area contributed by atoms with E-state index in [4.69, 9.17) is 4.98 Å². The molecular formula is C16H26N2S. The smallest absolute Gasteiger partial charge is 0.0985 e. The van der Waals surface area contributed by atoms with Crippen molar-refractivity contribution in [1.82, 2.24) is 10.3 Å². The van der Waals surface area contributed by atoms with Gasteiger partial charge >= 0.3 is 0 Å². The highest BCUT2D eigenvalue weighted by atomic mass is 32.1. The highest BCUT2D eigenvalue weighted by Crippen LogP contribution is 2.27. The molecule has 1 saturated carbocycles. The van der Waals surface area contributed by atoms with E-state index in [9.17, 15) is 0 Å². The predicted octanol–water partition coefficient (Wildman–Crippen LogP) is 4.23. The van der Waals surface area contributed by atoms with Gasteiger partial charge in [0.2, 0.25) is 0 Å². The first kappa shape index (κ1) is 14.7. The molecule has 0 saturated heterocycles. The van der Waals surface area contributed by atoms with Gasteiger partial charge in [-0.1, -0.05) is 40.2 Å². The second-order valence-corrected chi connectivity index (χ2v) is 7.71. The topological polar surface area (TPSA) is 24.9 Å². The van der Waals surface area contributed by atoms with Crippen LogP contribution < -0.4 is 5.32 Å². The zero-order valence-corrected chi connectivity index (χ0v) is 13.6. The quantitative estimate of drug-likeness (QED) is 0.871. The summed E-state index contributed by atoms with van der Waals surface area (Å²) >= 11 is 1.77. The van der Waals surface area contributed by atoms with E-state index in [1.807, 2.05) is 0 Å². The summed E-state index contributed by atoms with van der Waals surface area (Å²) in [5.41, 5.74) is 2.73. The molecule has 0 amide bonds. The second kappa shape index (κ2) is 5.76. The first-order chi connectivity index (χ1) is 8.86. The summed E-state index contributed by atoms with van der Waals surface area (Å²) in [5.74, 6) is 0.575. The van der Waals surface area contributed by atoms with Crippen LogP contribution in [0.5, 0.6) is 0 Å². The summed E-state index contributed by atoms with van der Waals surface area (Å²) in [4.78, 5) is 4.76. The molecule has 0 aromatic carbocycles. The van der Waals surface area contributed by atoms with E-state index in [0.717, 1.165) is 18.3 Å². The second-order valence-electron chi connectivity index (χ2n) is 6.86. The van der Waals surface area contributed by atoms with Crippen LogP contribution in [0.1, 0.15) is 58.2 Å². The van der Waals surface area contributed by atoms with Crippen LogP contribution in [-0.2, 0) is 5.41 Å². The molecule has 1 aliphatic carbocycles. The Bertz CT molecular complexity index is 448. The molecule has 0 aliphatic heterocycles. The van der Waals surface area contributed by atoms with E-state index in [2.05, 4.69) is 51.4 Å². The number of hydrogen-bond donors (Lipinski definition) is 1. The largest absolute Gasteiger partial charge is 0.310 e. The normalized spacial score (nSPS) is 17.3. The van der Waals surface area contributed by atoms with Gasteiger partial charge in [0, 0.05) is 23.4 Å². The third-order valence-corrected chi connectivity index (χ3v) is 4.70. The van der Waals surface area contributed by atoms with Gasteiger partial charge in [-0.25, -0.2) is 4.98 Å². The molecule has 2 rings (SSSR count). The molecule has 1 N–H and O–H groups in total. The van der Waals surface area contributed by atoms with Crippen LogP contribution in [0.3, 0.4) is 0 Å². The van der Waals surface area contributed by atoms with Gasteiger partial charge in [0.1, 0.15) is 0 Å². The average Bonchev–Trinajstić information content (AvgIpc) is 2.99. The molecule has 0 radical (unpaired) electrons. The molecule has 3 heteroatoms. The molecule has 1 aliphatic rings. The predicted molar refractivity (Wildman–Crippen MR) is 84.7 cm³/mol. The highest BCUT2D eigenvalue weighted by molar-refractivity contribution is 7.09. The van der Waals surface area contributed by atoms with Crippen molar-refractivity contribution in [3.05, 3.63) is 21.7 Å². The number of hydrogen-bond acceptors (Lipinski definition) is 3. The van der Waals surface area contributed by atoms with Crippen LogP contribution in [0.25, 0.3) is 6.08 Å². The van der Waals surface area contributed by atoms with Crippen LogP contribution in [0, 0.1) is 5.92 Å². The molecule has 1 fully saturated rings. The molecule has 0 unspecified atom stereocenters. The Hall–Kier alpha value is -0.670. The van der Waals surface area contributed by atoms with Gasteiger partial charge in [-0.05, 0) is 24.8 Å². The summed E-state index contributed by atoms with van der Waals surface area (Å²) in [6.45, 7) is 12.2. The van der Waals surface area contributed by atoms with Crippen LogP contribution in [0.15, 0.2) is 11.0 Å². The van der Waals surface area contributed by atoms with Crippen molar-refractivity contribution >= 4 is 17.4 Å². The summed E-state index contributed by atoms with van der Waals surface area (Å²) in [6, 6.07) is 0.766. The number of aromatic nitrogens is 1. The molecule has 0 atom stereocenters. The molecule has 19 heavy (non-hydrogen) atoms. The van der Waals surface area contributed by atoms with Crippen molar-refractivity contribution in [3.8, 4) is 0 Å². The Kier molecular flexibility index (Phi) is 4.46. The zero-order chi connectivity index (χ0) is 14.0. The lowest BCUT2D eigenvalue weighted by Crippen LogP contribution is -2.21. The van der Waals surface area contributed by atoms with Crippen molar-refractivity contribution in [2.45, 2.75) is 58.9 Å². The Morgan fingerprint density at radius 2 is 2.16 bits per heavy atom. The lowest BCUT2D eigenvalue weighted by molar-refractivity contribution is 0.585. The maximum absolute atomic E-state index is 4.76. The van der Waals surface area contributed by atoms with E-state index in [-0.39, 0.29) is 5.41 Å². The van der Waals surface area contributed by atoms with Crippen LogP contribution in [-0.4, -0.2) is 17.6 Å². The first-order valence-electron chi connectivity index (χ1n) is 7.26. The van der Waals surface area contributed by atoms with Crippen LogP contribution in [0.2, 0.25) is 0 Å². The van der Waals surface area contributed by atoms with E-state index in [1.165, 1.54) is 23.4 Å². The Morgan fingerprint density at radius 1 is 1.47 bits per heavy atom. The molecule has 2 nitrogen and oxygen atoms in total. The van der Waals surface area contributed by atoms with Crippen molar-refractivity contribution in [1.29, 1.82) is 0 Å². The fourth-order valence-electron chi connectivity index (χ4n) is 1.86.